The Balaban J connectivity index is 2.24. The zero-order chi connectivity index (χ0) is 13.7. The number of hydrogen-bond acceptors (Lipinski definition) is 3. The first-order chi connectivity index (χ1) is 9.20. The highest BCUT2D eigenvalue weighted by atomic mass is 15.1. The van der Waals surface area contributed by atoms with Gasteiger partial charge in [-0.3, -0.25) is 4.98 Å². The summed E-state index contributed by atoms with van der Waals surface area (Å²) in [5, 5.41) is 0. The van der Waals surface area contributed by atoms with Crippen LogP contribution in [-0.4, -0.2) is 11.5 Å². The lowest BCUT2D eigenvalue weighted by atomic mass is 10.2. The smallest absolute Gasteiger partial charge is 0.0626 e. The Bertz CT molecular complexity index is 537. The first-order valence-corrected chi connectivity index (χ1v) is 6.71. The van der Waals surface area contributed by atoms with Crippen LogP contribution in [0.25, 0.3) is 0 Å². The second kappa shape index (κ2) is 6.23. The maximum atomic E-state index is 5.87. The molecule has 0 amide bonds. The van der Waals surface area contributed by atoms with E-state index in [-0.39, 0.29) is 0 Å². The molecule has 0 saturated heterocycles. The van der Waals surface area contributed by atoms with Gasteiger partial charge in [0.25, 0.3) is 0 Å². The first kappa shape index (κ1) is 13.4. The minimum absolute atomic E-state index is 0.802. The van der Waals surface area contributed by atoms with Gasteiger partial charge >= 0.3 is 0 Å². The molecule has 0 spiro atoms. The van der Waals surface area contributed by atoms with E-state index in [1.54, 1.807) is 0 Å². The van der Waals surface area contributed by atoms with Gasteiger partial charge in [-0.2, -0.15) is 0 Å². The Morgan fingerprint density at radius 1 is 1.21 bits per heavy atom. The van der Waals surface area contributed by atoms with Crippen molar-refractivity contribution in [2.24, 2.45) is 0 Å². The van der Waals surface area contributed by atoms with Gasteiger partial charge < -0.3 is 10.6 Å². The fourth-order valence-electron chi connectivity index (χ4n) is 2.16. The SMILES string of the molecule is CCCN(Cc1ncccc1C)c1cccc(N)c1. The molecule has 0 fully saturated rings. The summed E-state index contributed by atoms with van der Waals surface area (Å²) in [6.07, 6.45) is 2.95. The van der Waals surface area contributed by atoms with Gasteiger partial charge in [0.05, 0.1) is 12.2 Å². The molecule has 0 radical (unpaired) electrons. The normalized spacial score (nSPS) is 10.4. The largest absolute Gasteiger partial charge is 0.399 e. The van der Waals surface area contributed by atoms with Gasteiger partial charge in [-0.25, -0.2) is 0 Å². The predicted octanol–water partition coefficient (Wildman–Crippen LogP) is 3.39. The third-order valence-corrected chi connectivity index (χ3v) is 3.19. The first-order valence-electron chi connectivity index (χ1n) is 6.71. The molecule has 2 rings (SSSR count). The summed E-state index contributed by atoms with van der Waals surface area (Å²) in [5.41, 5.74) is 10.2. The molecule has 2 N–H and O–H groups in total. The monoisotopic (exact) mass is 255 g/mol. The van der Waals surface area contributed by atoms with Crippen molar-refractivity contribution in [1.29, 1.82) is 0 Å². The van der Waals surface area contributed by atoms with Gasteiger partial charge in [-0.05, 0) is 43.2 Å². The van der Waals surface area contributed by atoms with Gasteiger partial charge in [0.1, 0.15) is 0 Å². The van der Waals surface area contributed by atoms with Crippen LogP contribution in [0.4, 0.5) is 11.4 Å². The zero-order valence-electron chi connectivity index (χ0n) is 11.6. The fourth-order valence-corrected chi connectivity index (χ4v) is 2.16. The molecule has 3 heteroatoms. The van der Waals surface area contributed by atoms with Gasteiger partial charge in [0, 0.05) is 24.1 Å². The van der Waals surface area contributed by atoms with Crippen molar-refractivity contribution in [3.63, 3.8) is 0 Å². The molecule has 0 aliphatic rings. The maximum Gasteiger partial charge on any atom is 0.0626 e. The third-order valence-electron chi connectivity index (χ3n) is 3.19. The number of rotatable bonds is 5. The van der Waals surface area contributed by atoms with E-state index in [2.05, 4.69) is 35.9 Å². The number of aromatic nitrogens is 1. The van der Waals surface area contributed by atoms with Crippen LogP contribution in [0.3, 0.4) is 0 Å². The van der Waals surface area contributed by atoms with E-state index in [0.717, 1.165) is 36.6 Å². The van der Waals surface area contributed by atoms with Crippen LogP contribution in [0.5, 0.6) is 0 Å². The summed E-state index contributed by atoms with van der Waals surface area (Å²) in [4.78, 5) is 6.80. The zero-order valence-corrected chi connectivity index (χ0v) is 11.6. The summed E-state index contributed by atoms with van der Waals surface area (Å²) in [6.45, 7) is 6.11. The van der Waals surface area contributed by atoms with Crippen LogP contribution in [0, 0.1) is 6.92 Å². The van der Waals surface area contributed by atoms with Crippen LogP contribution in [-0.2, 0) is 6.54 Å². The molecule has 2 aromatic rings. The number of nitrogen functional groups attached to an aromatic ring is 1. The quantitative estimate of drug-likeness (QED) is 0.833. The molecule has 0 atom stereocenters. The molecular weight excluding hydrogens is 234 g/mol. The second-order valence-corrected chi connectivity index (χ2v) is 4.78. The molecule has 1 heterocycles. The molecule has 0 aliphatic carbocycles. The lowest BCUT2D eigenvalue weighted by molar-refractivity contribution is 0.750. The number of nitrogens with two attached hydrogens (primary N) is 1. The van der Waals surface area contributed by atoms with E-state index in [0.29, 0.717) is 0 Å². The Morgan fingerprint density at radius 2 is 2.05 bits per heavy atom. The van der Waals surface area contributed by atoms with Crippen molar-refractivity contribution in [3.05, 3.63) is 53.9 Å². The van der Waals surface area contributed by atoms with Crippen molar-refractivity contribution in [1.82, 2.24) is 4.98 Å². The average Bonchev–Trinajstić information content (AvgIpc) is 2.40. The Kier molecular flexibility index (Phi) is 4.39. The lowest BCUT2D eigenvalue weighted by Gasteiger charge is -2.25. The van der Waals surface area contributed by atoms with Crippen molar-refractivity contribution < 1.29 is 0 Å². The summed E-state index contributed by atoms with van der Waals surface area (Å²) in [6, 6.07) is 12.1. The highest BCUT2D eigenvalue weighted by Crippen LogP contribution is 2.20. The van der Waals surface area contributed by atoms with E-state index >= 15 is 0 Å². The number of pyridine rings is 1. The standard InChI is InChI=1S/C16H21N3/c1-3-10-19(15-8-4-7-14(17)11-15)12-16-13(2)6-5-9-18-16/h4-9,11H,3,10,12,17H2,1-2H3. The number of aryl methyl sites for hydroxylation is 1. The maximum absolute atomic E-state index is 5.87. The van der Waals surface area contributed by atoms with Crippen molar-refractivity contribution in [2.75, 3.05) is 17.2 Å². The summed E-state index contributed by atoms with van der Waals surface area (Å²) in [7, 11) is 0. The van der Waals surface area contributed by atoms with Gasteiger partial charge in [0.15, 0.2) is 0 Å². The van der Waals surface area contributed by atoms with E-state index in [1.807, 2.05) is 30.5 Å². The number of hydrogen-bond donors (Lipinski definition) is 1. The number of benzene rings is 1. The second-order valence-electron chi connectivity index (χ2n) is 4.78. The predicted molar refractivity (Wildman–Crippen MR) is 81.2 cm³/mol. The minimum atomic E-state index is 0.802. The minimum Gasteiger partial charge on any atom is -0.399 e. The number of nitrogens with zero attached hydrogens (tertiary/aromatic N) is 2. The van der Waals surface area contributed by atoms with E-state index in [9.17, 15) is 0 Å². The molecular formula is C16H21N3. The molecule has 0 unspecified atom stereocenters. The molecule has 3 nitrogen and oxygen atoms in total. The molecule has 19 heavy (non-hydrogen) atoms. The lowest BCUT2D eigenvalue weighted by Crippen LogP contribution is -2.24. The van der Waals surface area contributed by atoms with Crippen LogP contribution in [0.15, 0.2) is 42.6 Å². The summed E-state index contributed by atoms with van der Waals surface area (Å²) < 4.78 is 0. The Labute approximate surface area is 115 Å². The third kappa shape index (κ3) is 3.47. The van der Waals surface area contributed by atoms with Crippen molar-refractivity contribution in [2.45, 2.75) is 26.8 Å². The molecule has 1 aromatic heterocycles. The molecule has 0 bridgehead atoms. The van der Waals surface area contributed by atoms with Crippen molar-refractivity contribution >= 4 is 11.4 Å². The van der Waals surface area contributed by atoms with E-state index < -0.39 is 0 Å². The summed E-state index contributed by atoms with van der Waals surface area (Å²) >= 11 is 0. The molecule has 100 valence electrons. The van der Waals surface area contributed by atoms with E-state index in [1.165, 1.54) is 5.56 Å². The van der Waals surface area contributed by atoms with Gasteiger partial charge in [-0.1, -0.05) is 19.1 Å². The van der Waals surface area contributed by atoms with E-state index in [4.69, 9.17) is 5.73 Å². The molecule has 0 aliphatic heterocycles. The van der Waals surface area contributed by atoms with Crippen LogP contribution in [0.2, 0.25) is 0 Å². The fraction of sp³-hybridized carbons (Fsp3) is 0.312. The van der Waals surface area contributed by atoms with Crippen LogP contribution < -0.4 is 10.6 Å². The highest BCUT2D eigenvalue weighted by Gasteiger charge is 2.09. The molecule has 0 saturated carbocycles. The van der Waals surface area contributed by atoms with Gasteiger partial charge in [-0.15, -0.1) is 0 Å². The highest BCUT2D eigenvalue weighted by molar-refractivity contribution is 5.56. The topological polar surface area (TPSA) is 42.2 Å². The Hall–Kier alpha value is -2.03. The van der Waals surface area contributed by atoms with Crippen LogP contribution in [0.1, 0.15) is 24.6 Å². The summed E-state index contributed by atoms with van der Waals surface area (Å²) in [5.74, 6) is 0. The number of anilines is 2. The van der Waals surface area contributed by atoms with Crippen LogP contribution >= 0.6 is 0 Å². The Morgan fingerprint density at radius 3 is 2.74 bits per heavy atom. The molecule has 1 aromatic carbocycles. The van der Waals surface area contributed by atoms with Crippen molar-refractivity contribution in [3.8, 4) is 0 Å². The van der Waals surface area contributed by atoms with Gasteiger partial charge in [0.2, 0.25) is 0 Å². The average molecular weight is 255 g/mol.